The fourth-order valence-corrected chi connectivity index (χ4v) is 4.61. The second-order valence-corrected chi connectivity index (χ2v) is 8.97. The monoisotopic (exact) mass is 516 g/mol. The van der Waals surface area contributed by atoms with E-state index in [0.717, 1.165) is 55.1 Å². The number of ether oxygens (including phenoxy) is 2. The number of fused-ring (bicyclic) bond motifs is 1. The number of esters is 1. The molecule has 1 aromatic heterocycles. The van der Waals surface area contributed by atoms with Crippen LogP contribution in [-0.4, -0.2) is 61.8 Å². The first-order valence-corrected chi connectivity index (χ1v) is 12.7. The Morgan fingerprint density at radius 1 is 1.09 bits per heavy atom. The lowest BCUT2D eigenvalue weighted by Crippen LogP contribution is -2.46. The number of anilines is 3. The summed E-state index contributed by atoms with van der Waals surface area (Å²) in [5.41, 5.74) is 3.16. The standard InChI is InChI=1S/C26H30Cl2N4O3/c1-4-31-10-12-32(13-11-31)22-15-21-17(14-23(22)34-5-2)25(18(16-29-21)26(33)35-6-3)30-20-9-7-8-19(27)24(20)28/h7-9,14-16H,4-6,10-13H2,1-3H3,(H,29,30). The third-order valence-corrected chi connectivity index (χ3v) is 6.93. The first kappa shape index (κ1) is 25.4. The molecule has 0 saturated carbocycles. The van der Waals surface area contributed by atoms with Crippen molar-refractivity contribution in [2.24, 2.45) is 0 Å². The number of nitrogens with zero attached hydrogens (tertiary/aromatic N) is 3. The predicted molar refractivity (Wildman–Crippen MR) is 143 cm³/mol. The maximum atomic E-state index is 12.8. The molecule has 186 valence electrons. The van der Waals surface area contributed by atoms with Gasteiger partial charge in [0.05, 0.1) is 45.8 Å². The lowest BCUT2D eigenvalue weighted by molar-refractivity contribution is 0.0527. The first-order chi connectivity index (χ1) is 17.0. The number of likely N-dealkylation sites (N-methyl/N-ethyl adjacent to an activating group) is 1. The van der Waals surface area contributed by atoms with E-state index in [-0.39, 0.29) is 6.61 Å². The Morgan fingerprint density at radius 2 is 1.86 bits per heavy atom. The topological polar surface area (TPSA) is 66.9 Å². The lowest BCUT2D eigenvalue weighted by Gasteiger charge is -2.36. The van der Waals surface area contributed by atoms with Crippen molar-refractivity contribution in [3.63, 3.8) is 0 Å². The third kappa shape index (κ3) is 5.42. The van der Waals surface area contributed by atoms with E-state index in [1.165, 1.54) is 0 Å². The van der Waals surface area contributed by atoms with Gasteiger partial charge < -0.3 is 24.6 Å². The number of benzene rings is 2. The van der Waals surface area contributed by atoms with Crippen molar-refractivity contribution in [3.05, 3.63) is 52.1 Å². The van der Waals surface area contributed by atoms with Gasteiger partial charge in [0.1, 0.15) is 11.3 Å². The molecule has 0 amide bonds. The number of hydrogen-bond acceptors (Lipinski definition) is 7. The van der Waals surface area contributed by atoms with E-state index in [1.54, 1.807) is 31.3 Å². The van der Waals surface area contributed by atoms with Crippen LogP contribution in [0, 0.1) is 0 Å². The molecular formula is C26H30Cl2N4O3. The van der Waals surface area contributed by atoms with Crippen LogP contribution in [0.4, 0.5) is 17.1 Å². The van der Waals surface area contributed by atoms with Crippen molar-refractivity contribution in [2.75, 3.05) is 56.2 Å². The zero-order valence-corrected chi connectivity index (χ0v) is 21.7. The molecule has 0 radical (unpaired) electrons. The van der Waals surface area contributed by atoms with Crippen molar-refractivity contribution < 1.29 is 14.3 Å². The number of pyridine rings is 1. The summed E-state index contributed by atoms with van der Waals surface area (Å²) in [6, 6.07) is 9.28. The number of rotatable bonds is 8. The molecule has 2 aromatic carbocycles. The minimum atomic E-state index is -0.472. The molecule has 35 heavy (non-hydrogen) atoms. The Hall–Kier alpha value is -2.74. The van der Waals surface area contributed by atoms with E-state index >= 15 is 0 Å². The van der Waals surface area contributed by atoms with Crippen molar-refractivity contribution >= 4 is 57.1 Å². The Kier molecular flexibility index (Phi) is 8.21. The van der Waals surface area contributed by atoms with Crippen LogP contribution < -0.4 is 15.0 Å². The molecule has 0 aliphatic carbocycles. The van der Waals surface area contributed by atoms with E-state index in [0.29, 0.717) is 33.6 Å². The van der Waals surface area contributed by atoms with E-state index in [9.17, 15) is 4.79 Å². The molecule has 1 saturated heterocycles. The Labute approximate surface area is 215 Å². The quantitative estimate of drug-likeness (QED) is 0.368. The van der Waals surface area contributed by atoms with Crippen LogP contribution in [0.5, 0.6) is 5.75 Å². The first-order valence-electron chi connectivity index (χ1n) is 11.9. The molecule has 0 spiro atoms. The van der Waals surface area contributed by atoms with Gasteiger partial charge in [-0.3, -0.25) is 4.98 Å². The molecule has 1 aliphatic rings. The number of carbonyl (C=O) groups excluding carboxylic acids is 1. The second kappa shape index (κ2) is 11.3. The minimum absolute atomic E-state index is 0.251. The molecule has 2 heterocycles. The highest BCUT2D eigenvalue weighted by atomic mass is 35.5. The van der Waals surface area contributed by atoms with Gasteiger partial charge >= 0.3 is 5.97 Å². The molecule has 0 atom stereocenters. The molecular weight excluding hydrogens is 487 g/mol. The number of hydrogen-bond donors (Lipinski definition) is 1. The summed E-state index contributed by atoms with van der Waals surface area (Å²) in [5.74, 6) is 0.272. The Balaban J connectivity index is 1.85. The summed E-state index contributed by atoms with van der Waals surface area (Å²) in [4.78, 5) is 22.2. The van der Waals surface area contributed by atoms with Crippen molar-refractivity contribution in [1.82, 2.24) is 9.88 Å². The van der Waals surface area contributed by atoms with Gasteiger partial charge in [-0.1, -0.05) is 36.2 Å². The number of halogens is 2. The molecule has 4 rings (SSSR count). The van der Waals surface area contributed by atoms with Crippen molar-refractivity contribution in [3.8, 4) is 5.75 Å². The van der Waals surface area contributed by atoms with E-state index in [1.807, 2.05) is 19.1 Å². The zero-order chi connectivity index (χ0) is 24.9. The van der Waals surface area contributed by atoms with Crippen molar-refractivity contribution in [1.29, 1.82) is 0 Å². The maximum Gasteiger partial charge on any atom is 0.341 e. The average molecular weight is 517 g/mol. The van der Waals surface area contributed by atoms with Crippen LogP contribution in [0.15, 0.2) is 36.5 Å². The van der Waals surface area contributed by atoms with Crippen LogP contribution in [0.2, 0.25) is 10.0 Å². The van der Waals surface area contributed by atoms with Crippen LogP contribution in [0.3, 0.4) is 0 Å². The van der Waals surface area contributed by atoms with Gasteiger partial charge in [0.2, 0.25) is 0 Å². The largest absolute Gasteiger partial charge is 0.492 e. The highest BCUT2D eigenvalue weighted by molar-refractivity contribution is 6.43. The van der Waals surface area contributed by atoms with Crippen LogP contribution in [0.25, 0.3) is 10.9 Å². The maximum absolute atomic E-state index is 12.8. The van der Waals surface area contributed by atoms with Gasteiger partial charge in [-0.05, 0) is 44.7 Å². The Bertz CT molecular complexity index is 1210. The predicted octanol–water partition coefficient (Wildman–Crippen LogP) is 6.00. The summed E-state index contributed by atoms with van der Waals surface area (Å²) in [7, 11) is 0. The summed E-state index contributed by atoms with van der Waals surface area (Å²) >= 11 is 12.7. The fourth-order valence-electron chi connectivity index (χ4n) is 4.26. The molecule has 3 aromatic rings. The smallest absolute Gasteiger partial charge is 0.341 e. The SMILES string of the molecule is CCOC(=O)c1cnc2cc(N3CCN(CC)CC3)c(OCC)cc2c1Nc1cccc(Cl)c1Cl. The second-order valence-electron chi connectivity index (χ2n) is 8.19. The molecule has 1 aliphatic heterocycles. The van der Waals surface area contributed by atoms with Gasteiger partial charge in [-0.25, -0.2) is 4.79 Å². The number of piperazine rings is 1. The van der Waals surface area contributed by atoms with Crippen molar-refractivity contribution in [2.45, 2.75) is 20.8 Å². The molecule has 7 nitrogen and oxygen atoms in total. The summed E-state index contributed by atoms with van der Waals surface area (Å²) in [5, 5.41) is 4.82. The van der Waals surface area contributed by atoms with Gasteiger partial charge in [0.15, 0.2) is 0 Å². The fraction of sp³-hybridized carbons (Fsp3) is 0.385. The number of aromatic nitrogens is 1. The van der Waals surface area contributed by atoms with Gasteiger partial charge in [0.25, 0.3) is 0 Å². The molecule has 1 N–H and O–H groups in total. The molecule has 0 unspecified atom stereocenters. The molecule has 0 bridgehead atoms. The van der Waals surface area contributed by atoms with Gasteiger partial charge in [0, 0.05) is 37.8 Å². The third-order valence-electron chi connectivity index (χ3n) is 6.12. The molecule has 1 fully saturated rings. The summed E-state index contributed by atoms with van der Waals surface area (Å²) in [6.07, 6.45) is 1.54. The van der Waals surface area contributed by atoms with Gasteiger partial charge in [-0.15, -0.1) is 0 Å². The van der Waals surface area contributed by atoms with Crippen LogP contribution in [0.1, 0.15) is 31.1 Å². The highest BCUT2D eigenvalue weighted by Gasteiger charge is 2.23. The minimum Gasteiger partial charge on any atom is -0.492 e. The molecule has 9 heteroatoms. The van der Waals surface area contributed by atoms with E-state index in [4.69, 9.17) is 32.7 Å². The van der Waals surface area contributed by atoms with Gasteiger partial charge in [-0.2, -0.15) is 0 Å². The van der Waals surface area contributed by atoms with E-state index < -0.39 is 5.97 Å². The van der Waals surface area contributed by atoms with Crippen LogP contribution in [-0.2, 0) is 4.74 Å². The van der Waals surface area contributed by atoms with E-state index in [2.05, 4.69) is 27.0 Å². The highest BCUT2D eigenvalue weighted by Crippen LogP contribution is 2.40. The number of carbonyl (C=O) groups is 1. The zero-order valence-electron chi connectivity index (χ0n) is 20.2. The number of nitrogens with one attached hydrogen (secondary N) is 1. The summed E-state index contributed by atoms with van der Waals surface area (Å²) in [6.45, 7) is 11.5. The van der Waals surface area contributed by atoms with Crippen LogP contribution >= 0.6 is 23.2 Å². The Morgan fingerprint density at radius 3 is 2.54 bits per heavy atom. The average Bonchev–Trinajstić information content (AvgIpc) is 2.87. The summed E-state index contributed by atoms with van der Waals surface area (Å²) < 4.78 is 11.4. The normalized spacial score (nSPS) is 14.3. The lowest BCUT2D eigenvalue weighted by atomic mass is 10.1.